The van der Waals surface area contributed by atoms with E-state index in [1.165, 1.54) is 12.1 Å². The number of aryl methyl sites for hydroxylation is 1. The number of fused-ring (bicyclic) bond motifs is 1. The fraction of sp³-hybridized carbons (Fsp3) is 0.125. The molecule has 1 amide bonds. The van der Waals surface area contributed by atoms with E-state index in [2.05, 4.69) is 10.1 Å². The van der Waals surface area contributed by atoms with E-state index in [1.54, 1.807) is 58.4 Å². The minimum atomic E-state index is -0.355. The van der Waals surface area contributed by atoms with E-state index in [4.69, 9.17) is 9.47 Å². The molecule has 0 aliphatic carbocycles. The molecule has 32 heavy (non-hydrogen) atoms. The number of amides is 1. The predicted molar refractivity (Wildman–Crippen MR) is 117 cm³/mol. The Bertz CT molecular complexity index is 1290. The Morgan fingerprint density at radius 3 is 2.66 bits per heavy atom. The molecular weight excluding hydrogens is 411 g/mol. The second kappa shape index (κ2) is 8.14. The van der Waals surface area contributed by atoms with Gasteiger partial charge in [-0.2, -0.15) is 5.10 Å². The number of carbonyl (C=O) groups excluding carboxylic acids is 1. The van der Waals surface area contributed by atoms with E-state index >= 15 is 0 Å². The monoisotopic (exact) mass is 430 g/mol. The molecule has 1 aliphatic rings. The fourth-order valence-corrected chi connectivity index (χ4v) is 3.55. The molecule has 1 aliphatic heterocycles. The van der Waals surface area contributed by atoms with E-state index < -0.39 is 0 Å². The maximum Gasteiger partial charge on any atom is 0.262 e. The van der Waals surface area contributed by atoms with Gasteiger partial charge in [0.2, 0.25) is 0 Å². The number of hydrogen-bond acceptors (Lipinski definition) is 5. The van der Waals surface area contributed by atoms with E-state index in [9.17, 15) is 9.18 Å². The molecule has 0 unspecified atom stereocenters. The molecule has 5 rings (SSSR count). The quantitative estimate of drug-likeness (QED) is 0.478. The summed E-state index contributed by atoms with van der Waals surface area (Å²) in [6.07, 6.45) is 5.26. The maximum atomic E-state index is 13.3. The Morgan fingerprint density at radius 2 is 1.88 bits per heavy atom. The normalized spacial score (nSPS) is 13.3. The Labute approximate surface area is 183 Å². The summed E-state index contributed by atoms with van der Waals surface area (Å²) in [5.74, 6) is 0.964. The van der Waals surface area contributed by atoms with Gasteiger partial charge in [-0.15, -0.1) is 0 Å². The molecule has 4 aromatic rings. The van der Waals surface area contributed by atoms with Crippen LogP contribution >= 0.6 is 0 Å². The summed E-state index contributed by atoms with van der Waals surface area (Å²) in [6.45, 7) is 0.684. The van der Waals surface area contributed by atoms with Crippen molar-refractivity contribution in [3.05, 3.63) is 84.6 Å². The van der Waals surface area contributed by atoms with Gasteiger partial charge in [0.05, 0.1) is 24.0 Å². The van der Waals surface area contributed by atoms with Crippen molar-refractivity contribution in [1.82, 2.24) is 14.8 Å². The SMILES string of the molecule is Cn1cc(-c2cc(Oc3ccc4c(c3)C(=O)N(c3ccc(F)cc3)CCO4)ccn2)cn1. The van der Waals surface area contributed by atoms with Gasteiger partial charge in [-0.25, -0.2) is 4.39 Å². The molecule has 0 spiro atoms. The average Bonchev–Trinajstić information content (AvgIpc) is 3.17. The first-order valence-corrected chi connectivity index (χ1v) is 10.0. The Balaban J connectivity index is 1.43. The number of nitrogens with zero attached hydrogens (tertiary/aromatic N) is 4. The highest BCUT2D eigenvalue weighted by Crippen LogP contribution is 2.32. The van der Waals surface area contributed by atoms with Gasteiger partial charge in [-0.3, -0.25) is 14.5 Å². The second-order valence-corrected chi connectivity index (χ2v) is 7.32. The van der Waals surface area contributed by atoms with E-state index in [0.717, 1.165) is 11.3 Å². The fourth-order valence-electron chi connectivity index (χ4n) is 3.55. The molecule has 2 aromatic carbocycles. The molecule has 160 valence electrons. The summed E-state index contributed by atoms with van der Waals surface area (Å²) in [6, 6.07) is 14.5. The largest absolute Gasteiger partial charge is 0.491 e. The van der Waals surface area contributed by atoms with Gasteiger partial charge in [-0.05, 0) is 48.5 Å². The zero-order valence-electron chi connectivity index (χ0n) is 17.2. The third-order valence-corrected chi connectivity index (χ3v) is 5.11. The first-order chi connectivity index (χ1) is 15.6. The first kappa shape index (κ1) is 19.7. The maximum absolute atomic E-state index is 13.3. The average molecular weight is 430 g/mol. The molecule has 3 heterocycles. The number of ether oxygens (including phenoxy) is 2. The van der Waals surface area contributed by atoms with Gasteiger partial charge in [0.1, 0.15) is 29.7 Å². The Kier molecular flexibility index (Phi) is 5.03. The molecular formula is C24H19FN4O3. The summed E-state index contributed by atoms with van der Waals surface area (Å²) in [5, 5.41) is 4.17. The van der Waals surface area contributed by atoms with Crippen LogP contribution in [-0.2, 0) is 7.05 Å². The van der Waals surface area contributed by atoms with Crippen molar-refractivity contribution in [3.8, 4) is 28.5 Å². The number of aromatic nitrogens is 3. The van der Waals surface area contributed by atoms with Crippen molar-refractivity contribution in [2.75, 3.05) is 18.1 Å². The van der Waals surface area contributed by atoms with Crippen LogP contribution in [0.25, 0.3) is 11.3 Å². The topological polar surface area (TPSA) is 69.5 Å². The van der Waals surface area contributed by atoms with Gasteiger partial charge < -0.3 is 14.4 Å². The lowest BCUT2D eigenvalue weighted by molar-refractivity contribution is 0.0989. The van der Waals surface area contributed by atoms with Crippen LogP contribution in [0.5, 0.6) is 17.2 Å². The lowest BCUT2D eigenvalue weighted by Crippen LogP contribution is -2.32. The highest BCUT2D eigenvalue weighted by molar-refractivity contribution is 6.08. The standard InChI is InChI=1S/C24H19FN4O3/c1-28-15-16(14-27-28)22-13-20(8-9-26-22)32-19-6-7-23-21(12-19)24(30)29(10-11-31-23)18-4-2-17(25)3-5-18/h2-9,12-15H,10-11H2,1H3. The van der Waals surface area contributed by atoms with Crippen molar-refractivity contribution in [1.29, 1.82) is 0 Å². The van der Waals surface area contributed by atoms with Gasteiger partial charge in [-0.1, -0.05) is 0 Å². The minimum absolute atomic E-state index is 0.236. The number of rotatable bonds is 4. The molecule has 0 N–H and O–H groups in total. The molecule has 0 atom stereocenters. The summed E-state index contributed by atoms with van der Waals surface area (Å²) in [7, 11) is 1.84. The highest BCUT2D eigenvalue weighted by atomic mass is 19.1. The summed E-state index contributed by atoms with van der Waals surface area (Å²) >= 11 is 0. The van der Waals surface area contributed by atoms with Gasteiger partial charge in [0.25, 0.3) is 5.91 Å². The molecule has 0 radical (unpaired) electrons. The lowest BCUT2D eigenvalue weighted by atomic mass is 10.1. The smallest absolute Gasteiger partial charge is 0.262 e. The number of pyridine rings is 1. The highest BCUT2D eigenvalue weighted by Gasteiger charge is 2.25. The van der Waals surface area contributed by atoms with Gasteiger partial charge >= 0.3 is 0 Å². The molecule has 0 saturated heterocycles. The molecule has 0 saturated carbocycles. The van der Waals surface area contributed by atoms with Gasteiger partial charge in [0.15, 0.2) is 0 Å². The van der Waals surface area contributed by atoms with Crippen LogP contribution in [0.15, 0.2) is 73.2 Å². The van der Waals surface area contributed by atoms with Crippen molar-refractivity contribution in [2.45, 2.75) is 0 Å². The Hall–Kier alpha value is -4.20. The third-order valence-electron chi connectivity index (χ3n) is 5.11. The number of benzene rings is 2. The predicted octanol–water partition coefficient (Wildman–Crippen LogP) is 4.45. The van der Waals surface area contributed by atoms with E-state index in [-0.39, 0.29) is 11.7 Å². The lowest BCUT2D eigenvalue weighted by Gasteiger charge is -2.20. The van der Waals surface area contributed by atoms with Crippen molar-refractivity contribution in [2.24, 2.45) is 7.05 Å². The van der Waals surface area contributed by atoms with E-state index in [0.29, 0.717) is 41.7 Å². The first-order valence-electron chi connectivity index (χ1n) is 10.0. The van der Waals surface area contributed by atoms with Crippen LogP contribution in [0.3, 0.4) is 0 Å². The number of anilines is 1. The third kappa shape index (κ3) is 3.90. The molecule has 8 heteroatoms. The van der Waals surface area contributed by atoms with Crippen molar-refractivity contribution < 1.29 is 18.7 Å². The van der Waals surface area contributed by atoms with Crippen molar-refractivity contribution >= 4 is 11.6 Å². The summed E-state index contributed by atoms with van der Waals surface area (Å²) in [4.78, 5) is 19.2. The number of hydrogen-bond donors (Lipinski definition) is 0. The van der Waals surface area contributed by atoms with Crippen LogP contribution in [-0.4, -0.2) is 33.8 Å². The van der Waals surface area contributed by atoms with Crippen LogP contribution in [0.1, 0.15) is 10.4 Å². The molecule has 0 bridgehead atoms. The second-order valence-electron chi connectivity index (χ2n) is 7.32. The van der Waals surface area contributed by atoms with Gasteiger partial charge in [0, 0.05) is 36.8 Å². The van der Waals surface area contributed by atoms with Crippen LogP contribution < -0.4 is 14.4 Å². The van der Waals surface area contributed by atoms with E-state index in [1.807, 2.05) is 19.3 Å². The van der Waals surface area contributed by atoms with Crippen LogP contribution in [0.2, 0.25) is 0 Å². The minimum Gasteiger partial charge on any atom is -0.491 e. The Morgan fingerprint density at radius 1 is 1.06 bits per heavy atom. The number of halogens is 1. The zero-order chi connectivity index (χ0) is 22.1. The summed E-state index contributed by atoms with van der Waals surface area (Å²) in [5.41, 5.74) is 2.59. The molecule has 0 fully saturated rings. The molecule has 2 aromatic heterocycles. The zero-order valence-corrected chi connectivity index (χ0v) is 17.2. The van der Waals surface area contributed by atoms with Crippen molar-refractivity contribution in [3.63, 3.8) is 0 Å². The summed E-state index contributed by atoms with van der Waals surface area (Å²) < 4.78 is 26.8. The number of carbonyl (C=O) groups is 1. The molecule has 7 nitrogen and oxygen atoms in total. The van der Waals surface area contributed by atoms with Crippen LogP contribution in [0.4, 0.5) is 10.1 Å². The van der Waals surface area contributed by atoms with Crippen LogP contribution in [0, 0.1) is 5.82 Å².